The Kier molecular flexibility index (Phi) is 5.57. The summed E-state index contributed by atoms with van der Waals surface area (Å²) in [5.41, 5.74) is 4.72. The molecule has 3 aromatic rings. The van der Waals surface area contributed by atoms with Crippen molar-refractivity contribution >= 4 is 39.8 Å². The molecule has 0 saturated carbocycles. The van der Waals surface area contributed by atoms with Crippen LogP contribution in [0, 0.1) is 17.0 Å². The first kappa shape index (κ1) is 18.7. The molecule has 6 heteroatoms. The van der Waals surface area contributed by atoms with E-state index in [0.717, 1.165) is 26.9 Å². The molecule has 1 aromatic heterocycles. The number of hydrogen-bond donors (Lipinski definition) is 0. The third kappa shape index (κ3) is 4.74. The van der Waals surface area contributed by atoms with Gasteiger partial charge in [-0.2, -0.15) is 0 Å². The van der Waals surface area contributed by atoms with Crippen molar-refractivity contribution in [1.29, 1.82) is 0 Å². The lowest BCUT2D eigenvalue weighted by atomic mass is 10.2. The lowest BCUT2D eigenvalue weighted by molar-refractivity contribution is -0.384. The van der Waals surface area contributed by atoms with Crippen molar-refractivity contribution in [2.45, 2.75) is 20.8 Å². The molecule has 0 unspecified atom stereocenters. The van der Waals surface area contributed by atoms with Gasteiger partial charge in [0.25, 0.3) is 5.69 Å². The second-order valence-corrected chi connectivity index (χ2v) is 7.25. The summed E-state index contributed by atoms with van der Waals surface area (Å²) in [6.45, 7) is 5.99. The largest absolute Gasteiger partial charge is 0.269 e. The quantitative estimate of drug-likeness (QED) is 0.300. The van der Waals surface area contributed by atoms with Crippen LogP contribution in [0.3, 0.4) is 0 Å². The van der Waals surface area contributed by atoms with Gasteiger partial charge in [0, 0.05) is 21.9 Å². The van der Waals surface area contributed by atoms with Gasteiger partial charge in [-0.3, -0.25) is 20.1 Å². The third-order valence-electron chi connectivity index (χ3n) is 4.01. The molecular weight excluding hydrogens is 358 g/mol. The molecule has 0 saturated heterocycles. The molecular formula is C21H19N3O2S. The van der Waals surface area contributed by atoms with E-state index in [-0.39, 0.29) is 5.69 Å². The summed E-state index contributed by atoms with van der Waals surface area (Å²) in [6, 6.07) is 18.4. The summed E-state index contributed by atoms with van der Waals surface area (Å²) in [6.07, 6.45) is 0. The maximum Gasteiger partial charge on any atom is 0.269 e. The van der Waals surface area contributed by atoms with Gasteiger partial charge in [0.15, 0.2) is 0 Å². The van der Waals surface area contributed by atoms with Gasteiger partial charge in [0.05, 0.1) is 27.7 Å². The van der Waals surface area contributed by atoms with Gasteiger partial charge in [-0.25, -0.2) is 0 Å². The van der Waals surface area contributed by atoms with Crippen LogP contribution in [0.1, 0.15) is 29.2 Å². The summed E-state index contributed by atoms with van der Waals surface area (Å²) in [5.74, 6) is 0. The van der Waals surface area contributed by atoms with E-state index >= 15 is 0 Å². The highest BCUT2D eigenvalue weighted by Crippen LogP contribution is 2.24. The summed E-state index contributed by atoms with van der Waals surface area (Å²) >= 11 is 1.63. The summed E-state index contributed by atoms with van der Waals surface area (Å²) in [4.78, 5) is 21.7. The second kappa shape index (κ2) is 8.05. The number of hydrogen-bond acceptors (Lipinski definition) is 5. The number of aliphatic imine (C=N–C) groups is 2. The average molecular weight is 377 g/mol. The molecule has 2 aromatic carbocycles. The Morgan fingerprint density at radius 1 is 0.815 bits per heavy atom. The van der Waals surface area contributed by atoms with E-state index in [1.807, 2.05) is 50.2 Å². The summed E-state index contributed by atoms with van der Waals surface area (Å²) in [7, 11) is 0. The van der Waals surface area contributed by atoms with Crippen LogP contribution < -0.4 is 0 Å². The normalized spacial score (nSPS) is 12.3. The number of nitro groups is 1. The predicted molar refractivity (Wildman–Crippen MR) is 112 cm³/mol. The highest BCUT2D eigenvalue weighted by atomic mass is 32.1. The van der Waals surface area contributed by atoms with Crippen LogP contribution in [0.2, 0.25) is 0 Å². The summed E-state index contributed by atoms with van der Waals surface area (Å²) < 4.78 is 0. The van der Waals surface area contributed by atoms with Crippen LogP contribution in [-0.2, 0) is 0 Å². The van der Waals surface area contributed by atoms with Gasteiger partial charge >= 0.3 is 0 Å². The standard InChI is InChI=1S/C21H19N3O2S/c1-14-4-6-17(7-5-14)22-15(2)20-12-13-21(27-20)16(3)23-18-8-10-19(11-9-18)24(25)26/h4-13H,1-3H3. The van der Waals surface area contributed by atoms with Crippen LogP contribution >= 0.6 is 11.3 Å². The topological polar surface area (TPSA) is 67.9 Å². The van der Waals surface area contributed by atoms with Crippen LogP contribution in [0.25, 0.3) is 0 Å². The first-order valence-electron chi connectivity index (χ1n) is 8.44. The van der Waals surface area contributed by atoms with E-state index in [1.54, 1.807) is 23.5 Å². The van der Waals surface area contributed by atoms with Gasteiger partial charge in [-0.15, -0.1) is 11.3 Å². The molecule has 0 bridgehead atoms. The highest BCUT2D eigenvalue weighted by Gasteiger charge is 2.07. The van der Waals surface area contributed by atoms with Gasteiger partial charge in [-0.1, -0.05) is 17.7 Å². The lowest BCUT2D eigenvalue weighted by Gasteiger charge is -2.00. The van der Waals surface area contributed by atoms with Gasteiger partial charge in [0.2, 0.25) is 0 Å². The number of thiophene rings is 1. The first-order chi connectivity index (χ1) is 12.9. The van der Waals surface area contributed by atoms with Crippen molar-refractivity contribution in [2.24, 2.45) is 9.98 Å². The van der Waals surface area contributed by atoms with Crippen LogP contribution in [0.4, 0.5) is 17.1 Å². The number of nitro benzene ring substituents is 1. The molecule has 0 aliphatic heterocycles. The van der Waals surface area contributed by atoms with E-state index in [4.69, 9.17) is 0 Å². The number of rotatable bonds is 5. The predicted octanol–water partition coefficient (Wildman–Crippen LogP) is 6.25. The maximum atomic E-state index is 10.7. The second-order valence-electron chi connectivity index (χ2n) is 6.17. The van der Waals surface area contributed by atoms with E-state index < -0.39 is 4.92 Å². The monoisotopic (exact) mass is 377 g/mol. The van der Waals surface area contributed by atoms with Crippen LogP contribution in [-0.4, -0.2) is 16.3 Å². The van der Waals surface area contributed by atoms with Crippen LogP contribution in [0.15, 0.2) is 70.6 Å². The minimum absolute atomic E-state index is 0.0629. The van der Waals surface area contributed by atoms with Gasteiger partial charge in [0.1, 0.15) is 0 Å². The molecule has 27 heavy (non-hydrogen) atoms. The zero-order chi connectivity index (χ0) is 19.4. The summed E-state index contributed by atoms with van der Waals surface area (Å²) in [5, 5.41) is 10.7. The Balaban J connectivity index is 1.79. The van der Waals surface area contributed by atoms with E-state index in [0.29, 0.717) is 5.69 Å². The average Bonchev–Trinajstić information content (AvgIpc) is 3.14. The Labute approximate surface area is 161 Å². The van der Waals surface area contributed by atoms with Gasteiger partial charge < -0.3 is 0 Å². The molecule has 0 fully saturated rings. The molecule has 0 N–H and O–H groups in total. The van der Waals surface area contributed by atoms with E-state index in [9.17, 15) is 10.1 Å². The highest BCUT2D eigenvalue weighted by molar-refractivity contribution is 7.16. The third-order valence-corrected chi connectivity index (χ3v) is 5.31. The molecule has 0 aliphatic carbocycles. The van der Waals surface area contributed by atoms with E-state index in [2.05, 4.69) is 16.9 Å². The van der Waals surface area contributed by atoms with Crippen molar-refractivity contribution in [3.8, 4) is 0 Å². The number of nitrogens with zero attached hydrogens (tertiary/aromatic N) is 3. The fourth-order valence-electron chi connectivity index (χ4n) is 2.49. The molecule has 136 valence electrons. The zero-order valence-electron chi connectivity index (χ0n) is 15.3. The minimum Gasteiger partial charge on any atom is -0.258 e. The molecule has 3 rings (SSSR count). The molecule has 0 aliphatic rings. The van der Waals surface area contributed by atoms with Crippen LogP contribution in [0.5, 0.6) is 0 Å². The first-order valence-corrected chi connectivity index (χ1v) is 9.26. The SMILES string of the molecule is CC(=Nc1ccc(C)cc1)c1ccc(C(C)=Nc2ccc([N+](=O)[O-])cc2)s1. The Morgan fingerprint density at radius 3 is 1.70 bits per heavy atom. The van der Waals surface area contributed by atoms with Crippen molar-refractivity contribution in [1.82, 2.24) is 0 Å². The molecule has 0 radical (unpaired) electrons. The number of aryl methyl sites for hydroxylation is 1. The minimum atomic E-state index is -0.415. The van der Waals surface area contributed by atoms with E-state index in [1.165, 1.54) is 17.7 Å². The Morgan fingerprint density at radius 2 is 1.26 bits per heavy atom. The number of benzene rings is 2. The maximum absolute atomic E-state index is 10.7. The van der Waals surface area contributed by atoms with Gasteiger partial charge in [-0.05, 0) is 57.2 Å². The molecule has 1 heterocycles. The van der Waals surface area contributed by atoms with Crippen molar-refractivity contribution in [3.63, 3.8) is 0 Å². The number of non-ortho nitro benzene ring substituents is 1. The fraction of sp³-hybridized carbons (Fsp3) is 0.143. The lowest BCUT2D eigenvalue weighted by Crippen LogP contribution is -1.91. The van der Waals surface area contributed by atoms with Crippen molar-refractivity contribution in [3.05, 3.63) is 86.1 Å². The Hall–Kier alpha value is -3.12. The molecule has 0 amide bonds. The van der Waals surface area contributed by atoms with Crippen molar-refractivity contribution in [2.75, 3.05) is 0 Å². The molecule has 0 atom stereocenters. The molecule has 0 spiro atoms. The fourth-order valence-corrected chi connectivity index (χ4v) is 3.39. The smallest absolute Gasteiger partial charge is 0.258 e. The van der Waals surface area contributed by atoms with Crippen molar-refractivity contribution < 1.29 is 4.92 Å². The Bertz CT molecular complexity index is 1020. The zero-order valence-corrected chi connectivity index (χ0v) is 16.2. The molecule has 5 nitrogen and oxygen atoms in total.